The fraction of sp³-hybridized carbons (Fsp3) is 0.200. The first kappa shape index (κ1) is 14.3. The summed E-state index contributed by atoms with van der Waals surface area (Å²) in [6.07, 6.45) is 3.53. The minimum Gasteiger partial charge on any atom is -0.381 e. The van der Waals surface area contributed by atoms with E-state index in [4.69, 9.17) is 16.9 Å². The second-order valence-electron chi connectivity index (χ2n) is 5.01. The number of hydrogen-bond donors (Lipinski definition) is 2. The lowest BCUT2D eigenvalue weighted by atomic mass is 10.1. The van der Waals surface area contributed by atoms with Crippen molar-refractivity contribution in [3.63, 3.8) is 0 Å². The number of hydrogen-bond acceptors (Lipinski definition) is 5. The number of carbonyl (C=O) groups is 1. The van der Waals surface area contributed by atoms with E-state index in [9.17, 15) is 4.79 Å². The van der Waals surface area contributed by atoms with Gasteiger partial charge in [0.2, 0.25) is 0 Å². The van der Waals surface area contributed by atoms with Crippen LogP contribution in [-0.2, 0) is 0 Å². The predicted octanol–water partition coefficient (Wildman–Crippen LogP) is 2.83. The van der Waals surface area contributed by atoms with Gasteiger partial charge in [0.1, 0.15) is 0 Å². The summed E-state index contributed by atoms with van der Waals surface area (Å²) < 4.78 is 0. The molecule has 0 atom stereocenters. The molecule has 1 fully saturated rings. The monoisotopic (exact) mass is 313 g/mol. The molecule has 3 rings (SSSR count). The molecule has 1 amide bonds. The van der Waals surface area contributed by atoms with E-state index < -0.39 is 0 Å². The van der Waals surface area contributed by atoms with Crippen LogP contribution in [0.4, 0.5) is 11.4 Å². The summed E-state index contributed by atoms with van der Waals surface area (Å²) in [4.78, 5) is 12.2. The van der Waals surface area contributed by atoms with Crippen molar-refractivity contribution >= 4 is 28.9 Å². The van der Waals surface area contributed by atoms with Crippen molar-refractivity contribution < 1.29 is 4.79 Å². The number of amides is 1. The molecule has 110 valence electrons. The first-order chi connectivity index (χ1) is 10.7. The largest absolute Gasteiger partial charge is 0.381 e. The van der Waals surface area contributed by atoms with Gasteiger partial charge in [0.15, 0.2) is 5.15 Å². The SMILES string of the molecule is N#Cc1ccc(NC(=O)c2cnnc(Cl)c2)c(NC2CC2)c1. The molecular formula is C15H12ClN5O. The molecule has 22 heavy (non-hydrogen) atoms. The van der Waals surface area contributed by atoms with Gasteiger partial charge in [0, 0.05) is 6.04 Å². The quantitative estimate of drug-likeness (QED) is 0.905. The molecule has 1 aliphatic carbocycles. The van der Waals surface area contributed by atoms with E-state index >= 15 is 0 Å². The molecule has 0 unspecified atom stereocenters. The van der Waals surface area contributed by atoms with Crippen LogP contribution in [0.25, 0.3) is 0 Å². The van der Waals surface area contributed by atoms with Gasteiger partial charge in [-0.05, 0) is 37.1 Å². The Balaban J connectivity index is 1.84. The Hall–Kier alpha value is -2.65. The number of nitrogens with one attached hydrogen (secondary N) is 2. The van der Waals surface area contributed by atoms with Gasteiger partial charge in [-0.25, -0.2) is 0 Å². The first-order valence-electron chi connectivity index (χ1n) is 6.76. The zero-order valence-electron chi connectivity index (χ0n) is 11.5. The van der Waals surface area contributed by atoms with Crippen molar-refractivity contribution in [2.45, 2.75) is 18.9 Å². The molecule has 7 heteroatoms. The van der Waals surface area contributed by atoms with Crippen molar-refractivity contribution in [1.29, 1.82) is 5.26 Å². The highest BCUT2D eigenvalue weighted by Gasteiger charge is 2.22. The summed E-state index contributed by atoms with van der Waals surface area (Å²) in [6, 6.07) is 9.03. The number of rotatable bonds is 4. The van der Waals surface area contributed by atoms with E-state index in [0.717, 1.165) is 18.5 Å². The Morgan fingerprint density at radius 3 is 2.82 bits per heavy atom. The summed E-state index contributed by atoms with van der Waals surface area (Å²) >= 11 is 5.74. The third-order valence-corrected chi connectivity index (χ3v) is 3.41. The molecule has 0 saturated heterocycles. The van der Waals surface area contributed by atoms with Crippen LogP contribution in [0.2, 0.25) is 5.15 Å². The normalized spacial score (nSPS) is 13.3. The van der Waals surface area contributed by atoms with E-state index in [1.807, 2.05) is 0 Å². The lowest BCUT2D eigenvalue weighted by Gasteiger charge is -2.13. The third-order valence-electron chi connectivity index (χ3n) is 3.22. The molecule has 0 spiro atoms. The fourth-order valence-corrected chi connectivity index (χ4v) is 2.11. The van der Waals surface area contributed by atoms with Crippen molar-refractivity contribution in [3.8, 4) is 6.07 Å². The zero-order chi connectivity index (χ0) is 15.5. The first-order valence-corrected chi connectivity index (χ1v) is 7.14. The average molecular weight is 314 g/mol. The maximum absolute atomic E-state index is 12.2. The molecule has 2 aromatic rings. The second-order valence-corrected chi connectivity index (χ2v) is 5.40. The fourth-order valence-electron chi connectivity index (χ4n) is 1.95. The zero-order valence-corrected chi connectivity index (χ0v) is 12.3. The van der Waals surface area contributed by atoms with E-state index in [2.05, 4.69) is 26.9 Å². The van der Waals surface area contributed by atoms with Crippen LogP contribution in [0.1, 0.15) is 28.8 Å². The molecule has 1 saturated carbocycles. The van der Waals surface area contributed by atoms with Crippen LogP contribution in [0.15, 0.2) is 30.5 Å². The topological polar surface area (TPSA) is 90.7 Å². The van der Waals surface area contributed by atoms with E-state index in [1.165, 1.54) is 12.3 Å². The smallest absolute Gasteiger partial charge is 0.257 e. The van der Waals surface area contributed by atoms with Crippen LogP contribution in [0, 0.1) is 11.3 Å². The van der Waals surface area contributed by atoms with Crippen molar-refractivity contribution in [1.82, 2.24) is 10.2 Å². The Bertz CT molecular complexity index is 767. The molecular weight excluding hydrogens is 302 g/mol. The maximum Gasteiger partial charge on any atom is 0.257 e. The highest BCUT2D eigenvalue weighted by atomic mass is 35.5. The van der Waals surface area contributed by atoms with Gasteiger partial charge in [-0.3, -0.25) is 4.79 Å². The standard InChI is InChI=1S/C15H12ClN5O/c16-14-6-10(8-18-21-14)15(22)20-12-4-1-9(7-17)5-13(12)19-11-2-3-11/h1,4-6,8,11,19H,2-3H2,(H,20,22). The van der Waals surface area contributed by atoms with Crippen molar-refractivity contribution in [2.75, 3.05) is 10.6 Å². The Labute approximate surface area is 132 Å². The minimum atomic E-state index is -0.333. The highest BCUT2D eigenvalue weighted by molar-refractivity contribution is 6.29. The van der Waals surface area contributed by atoms with Crippen LogP contribution in [0.3, 0.4) is 0 Å². The molecule has 0 radical (unpaired) electrons. The predicted molar refractivity (Wildman–Crippen MR) is 82.8 cm³/mol. The Kier molecular flexibility index (Phi) is 3.90. The molecule has 2 N–H and O–H groups in total. The minimum absolute atomic E-state index is 0.156. The summed E-state index contributed by atoms with van der Waals surface area (Å²) in [5.74, 6) is -0.333. The number of nitriles is 1. The average Bonchev–Trinajstić information content (AvgIpc) is 3.33. The summed E-state index contributed by atoms with van der Waals surface area (Å²) in [7, 11) is 0. The molecule has 6 nitrogen and oxygen atoms in total. The van der Waals surface area contributed by atoms with Gasteiger partial charge in [0.05, 0.1) is 34.8 Å². The number of carbonyl (C=O) groups excluding carboxylic acids is 1. The van der Waals surface area contributed by atoms with E-state index in [0.29, 0.717) is 22.9 Å². The highest BCUT2D eigenvalue weighted by Crippen LogP contribution is 2.30. The van der Waals surface area contributed by atoms with Gasteiger partial charge in [0.25, 0.3) is 5.91 Å². The lowest BCUT2D eigenvalue weighted by molar-refractivity contribution is 0.102. The van der Waals surface area contributed by atoms with E-state index in [1.54, 1.807) is 18.2 Å². The molecule has 1 aromatic heterocycles. The van der Waals surface area contributed by atoms with Gasteiger partial charge >= 0.3 is 0 Å². The Morgan fingerprint density at radius 2 is 2.14 bits per heavy atom. The number of benzene rings is 1. The van der Waals surface area contributed by atoms with Crippen LogP contribution < -0.4 is 10.6 Å². The molecule has 1 aliphatic rings. The van der Waals surface area contributed by atoms with Gasteiger partial charge in [-0.15, -0.1) is 5.10 Å². The molecule has 0 aliphatic heterocycles. The van der Waals surface area contributed by atoms with Crippen LogP contribution >= 0.6 is 11.6 Å². The Morgan fingerprint density at radius 1 is 1.32 bits per heavy atom. The number of anilines is 2. The van der Waals surface area contributed by atoms with E-state index in [-0.39, 0.29) is 11.1 Å². The van der Waals surface area contributed by atoms with Crippen molar-refractivity contribution in [3.05, 3.63) is 46.7 Å². The lowest BCUT2D eigenvalue weighted by Crippen LogP contribution is -2.15. The van der Waals surface area contributed by atoms with Gasteiger partial charge in [-0.2, -0.15) is 10.4 Å². The van der Waals surface area contributed by atoms with Gasteiger partial charge in [-0.1, -0.05) is 11.6 Å². The molecule has 1 aromatic carbocycles. The van der Waals surface area contributed by atoms with Crippen LogP contribution in [-0.4, -0.2) is 22.1 Å². The van der Waals surface area contributed by atoms with Crippen molar-refractivity contribution in [2.24, 2.45) is 0 Å². The summed E-state index contributed by atoms with van der Waals surface area (Å²) in [5, 5.41) is 22.5. The maximum atomic E-state index is 12.2. The second kappa shape index (κ2) is 6.00. The third kappa shape index (κ3) is 3.32. The molecule has 0 bridgehead atoms. The number of aromatic nitrogens is 2. The summed E-state index contributed by atoms with van der Waals surface area (Å²) in [6.45, 7) is 0. The number of nitrogens with zero attached hydrogens (tertiary/aromatic N) is 3. The number of halogens is 1. The van der Waals surface area contributed by atoms with Gasteiger partial charge < -0.3 is 10.6 Å². The molecule has 1 heterocycles. The summed E-state index contributed by atoms with van der Waals surface area (Å²) in [5.41, 5.74) is 2.21. The van der Waals surface area contributed by atoms with Crippen LogP contribution in [0.5, 0.6) is 0 Å².